The molecule has 0 aromatic heterocycles. The van der Waals surface area contributed by atoms with Gasteiger partial charge >= 0.3 is 0 Å². The van der Waals surface area contributed by atoms with Gasteiger partial charge in [0, 0.05) is 22.1 Å². The van der Waals surface area contributed by atoms with Crippen molar-refractivity contribution in [3.63, 3.8) is 0 Å². The minimum atomic E-state index is -0.445. The van der Waals surface area contributed by atoms with E-state index in [2.05, 4.69) is 48.1 Å². The highest BCUT2D eigenvalue weighted by atomic mass is 79.9. The zero-order valence-electron chi connectivity index (χ0n) is 11.2. The van der Waals surface area contributed by atoms with Gasteiger partial charge in [0.15, 0.2) is 6.10 Å². The third kappa shape index (κ3) is 5.07. The Morgan fingerprint density at radius 2 is 2.11 bits per heavy atom. The van der Waals surface area contributed by atoms with E-state index in [4.69, 9.17) is 10.00 Å². The van der Waals surface area contributed by atoms with Gasteiger partial charge in [-0.1, -0.05) is 15.9 Å². The van der Waals surface area contributed by atoms with E-state index >= 15 is 0 Å². The van der Waals surface area contributed by atoms with Crippen molar-refractivity contribution in [2.75, 3.05) is 0 Å². The van der Waals surface area contributed by atoms with E-state index in [1.807, 2.05) is 18.2 Å². The number of nitrogens with one attached hydrogen (secondary N) is 1. The maximum absolute atomic E-state index is 8.80. The van der Waals surface area contributed by atoms with Crippen LogP contribution < -0.4 is 10.1 Å². The van der Waals surface area contributed by atoms with Crippen LogP contribution in [0.2, 0.25) is 0 Å². The second-order valence-corrected chi connectivity index (χ2v) is 6.16. The minimum Gasteiger partial charge on any atom is -0.476 e. The number of nitrogens with zero attached hydrogens (tertiary/aromatic N) is 1. The Bertz CT molecular complexity index is 446. The summed E-state index contributed by atoms with van der Waals surface area (Å²) in [5.41, 5.74) is 1.09. The third-order valence-electron chi connectivity index (χ3n) is 2.32. The van der Waals surface area contributed by atoms with Crippen LogP contribution in [0.1, 0.15) is 33.3 Å². The highest BCUT2D eigenvalue weighted by Gasteiger charge is 2.12. The Labute approximate surface area is 117 Å². The molecule has 1 rings (SSSR count). The van der Waals surface area contributed by atoms with Gasteiger partial charge in [0.25, 0.3) is 0 Å². The number of hydrogen-bond acceptors (Lipinski definition) is 3. The Balaban J connectivity index is 2.87. The highest BCUT2D eigenvalue weighted by molar-refractivity contribution is 9.10. The summed E-state index contributed by atoms with van der Waals surface area (Å²) in [6, 6.07) is 7.89. The molecule has 1 aromatic carbocycles. The standard InChI is InChI=1S/C14H19BrN2O/c1-10(8-16)18-13-6-5-12(15)7-11(13)9-17-14(2,3)4/h5-7,10,17H,9H2,1-4H3. The van der Waals surface area contributed by atoms with E-state index in [9.17, 15) is 0 Å². The molecule has 18 heavy (non-hydrogen) atoms. The summed E-state index contributed by atoms with van der Waals surface area (Å²) in [7, 11) is 0. The van der Waals surface area contributed by atoms with E-state index in [-0.39, 0.29) is 5.54 Å². The summed E-state index contributed by atoms with van der Waals surface area (Å²) in [6.45, 7) is 8.79. The van der Waals surface area contributed by atoms with Crippen molar-refractivity contribution in [1.82, 2.24) is 5.32 Å². The topological polar surface area (TPSA) is 45.0 Å². The molecule has 0 aliphatic rings. The molecule has 98 valence electrons. The van der Waals surface area contributed by atoms with Crippen LogP contribution in [-0.4, -0.2) is 11.6 Å². The summed E-state index contributed by atoms with van der Waals surface area (Å²) in [6.07, 6.45) is -0.445. The third-order valence-corrected chi connectivity index (χ3v) is 2.81. The molecule has 0 spiro atoms. The molecule has 1 unspecified atom stereocenters. The number of benzene rings is 1. The molecule has 0 amide bonds. The molecule has 0 saturated heterocycles. The Morgan fingerprint density at radius 3 is 2.67 bits per heavy atom. The fraction of sp³-hybridized carbons (Fsp3) is 0.500. The normalized spacial score (nSPS) is 12.9. The van der Waals surface area contributed by atoms with Gasteiger partial charge in [-0.2, -0.15) is 5.26 Å². The van der Waals surface area contributed by atoms with E-state index in [0.29, 0.717) is 6.54 Å². The van der Waals surface area contributed by atoms with Gasteiger partial charge in [0.05, 0.1) is 0 Å². The SMILES string of the molecule is CC(C#N)Oc1ccc(Br)cc1CNC(C)(C)C. The van der Waals surface area contributed by atoms with E-state index < -0.39 is 6.10 Å². The predicted octanol–water partition coefficient (Wildman–Crippen LogP) is 3.63. The Hall–Kier alpha value is -1.05. The average Bonchev–Trinajstić information content (AvgIpc) is 2.28. The number of halogens is 1. The summed E-state index contributed by atoms with van der Waals surface area (Å²) in [5, 5.41) is 12.2. The van der Waals surface area contributed by atoms with Gasteiger partial charge in [-0.05, 0) is 45.9 Å². The molecule has 1 aromatic rings. The first-order valence-electron chi connectivity index (χ1n) is 5.91. The predicted molar refractivity (Wildman–Crippen MR) is 76.4 cm³/mol. The summed E-state index contributed by atoms with van der Waals surface area (Å²) >= 11 is 3.45. The van der Waals surface area contributed by atoms with E-state index in [0.717, 1.165) is 15.8 Å². The highest BCUT2D eigenvalue weighted by Crippen LogP contribution is 2.24. The van der Waals surface area contributed by atoms with Crippen LogP contribution in [0, 0.1) is 11.3 Å². The Kier molecular flexibility index (Phi) is 5.18. The number of ether oxygens (including phenoxy) is 1. The fourth-order valence-electron chi connectivity index (χ4n) is 1.38. The van der Waals surface area contributed by atoms with Gasteiger partial charge < -0.3 is 10.1 Å². The van der Waals surface area contributed by atoms with Crippen LogP contribution in [0.4, 0.5) is 0 Å². The lowest BCUT2D eigenvalue weighted by Gasteiger charge is -2.22. The van der Waals surface area contributed by atoms with Crippen molar-refractivity contribution < 1.29 is 4.74 Å². The molecule has 0 aliphatic carbocycles. The van der Waals surface area contributed by atoms with Crippen LogP contribution in [-0.2, 0) is 6.54 Å². The van der Waals surface area contributed by atoms with Gasteiger partial charge in [-0.3, -0.25) is 0 Å². The maximum atomic E-state index is 8.80. The lowest BCUT2D eigenvalue weighted by Crippen LogP contribution is -2.35. The summed E-state index contributed by atoms with van der Waals surface area (Å²) < 4.78 is 6.60. The number of rotatable bonds is 4. The molecule has 0 aliphatic heterocycles. The van der Waals surface area contributed by atoms with Crippen LogP contribution in [0.5, 0.6) is 5.75 Å². The van der Waals surface area contributed by atoms with Gasteiger partial charge in [-0.25, -0.2) is 0 Å². The molecule has 0 saturated carbocycles. The lowest BCUT2D eigenvalue weighted by atomic mass is 10.1. The van der Waals surface area contributed by atoms with E-state index in [1.165, 1.54) is 0 Å². The summed E-state index contributed by atoms with van der Waals surface area (Å²) in [4.78, 5) is 0. The molecule has 0 fully saturated rings. The quantitative estimate of drug-likeness (QED) is 0.923. The van der Waals surface area contributed by atoms with E-state index in [1.54, 1.807) is 6.92 Å². The zero-order valence-corrected chi connectivity index (χ0v) is 12.8. The van der Waals surface area contributed by atoms with Crippen molar-refractivity contribution in [3.8, 4) is 11.8 Å². The minimum absolute atomic E-state index is 0.0421. The van der Waals surface area contributed by atoms with Gasteiger partial charge in [0.1, 0.15) is 11.8 Å². The molecule has 0 heterocycles. The van der Waals surface area contributed by atoms with Crippen LogP contribution >= 0.6 is 15.9 Å². The number of nitriles is 1. The molecule has 3 nitrogen and oxygen atoms in total. The largest absolute Gasteiger partial charge is 0.476 e. The van der Waals surface area contributed by atoms with Crippen molar-refractivity contribution in [3.05, 3.63) is 28.2 Å². The molecular weight excluding hydrogens is 292 g/mol. The monoisotopic (exact) mass is 310 g/mol. The first-order chi connectivity index (χ1) is 8.31. The summed E-state index contributed by atoms with van der Waals surface area (Å²) in [5.74, 6) is 0.754. The molecule has 4 heteroatoms. The molecule has 0 bridgehead atoms. The first-order valence-corrected chi connectivity index (χ1v) is 6.71. The van der Waals surface area contributed by atoms with Crippen LogP contribution in [0.25, 0.3) is 0 Å². The molecular formula is C14H19BrN2O. The van der Waals surface area contributed by atoms with Crippen molar-refractivity contribution >= 4 is 15.9 Å². The van der Waals surface area contributed by atoms with Crippen molar-refractivity contribution in [2.45, 2.75) is 45.9 Å². The molecule has 1 N–H and O–H groups in total. The zero-order chi connectivity index (χ0) is 13.8. The molecule has 1 atom stereocenters. The van der Waals surface area contributed by atoms with Crippen molar-refractivity contribution in [1.29, 1.82) is 5.26 Å². The molecule has 0 radical (unpaired) electrons. The van der Waals surface area contributed by atoms with Crippen molar-refractivity contribution in [2.24, 2.45) is 0 Å². The lowest BCUT2D eigenvalue weighted by molar-refractivity contribution is 0.271. The second kappa shape index (κ2) is 6.21. The van der Waals surface area contributed by atoms with Crippen LogP contribution in [0.3, 0.4) is 0 Å². The first kappa shape index (κ1) is 15.0. The fourth-order valence-corrected chi connectivity index (χ4v) is 1.79. The second-order valence-electron chi connectivity index (χ2n) is 5.24. The van der Waals surface area contributed by atoms with Gasteiger partial charge in [0.2, 0.25) is 0 Å². The maximum Gasteiger partial charge on any atom is 0.181 e. The average molecular weight is 311 g/mol. The smallest absolute Gasteiger partial charge is 0.181 e. The van der Waals surface area contributed by atoms with Gasteiger partial charge in [-0.15, -0.1) is 0 Å². The number of hydrogen-bond donors (Lipinski definition) is 1. The Morgan fingerprint density at radius 1 is 1.44 bits per heavy atom. The van der Waals surface area contributed by atoms with Crippen LogP contribution in [0.15, 0.2) is 22.7 Å².